The number of aliphatic hydroxyl groups excluding tert-OH is 1. The van der Waals surface area contributed by atoms with E-state index in [0.29, 0.717) is 17.9 Å². The zero-order valence-electron chi connectivity index (χ0n) is 12.4. The molecule has 0 saturated heterocycles. The van der Waals surface area contributed by atoms with Gasteiger partial charge in [0.25, 0.3) is 5.91 Å². The number of thiazole rings is 1. The van der Waals surface area contributed by atoms with Gasteiger partial charge >= 0.3 is 0 Å². The fourth-order valence-corrected chi connectivity index (χ4v) is 3.08. The molecule has 2 aromatic rings. The highest BCUT2D eigenvalue weighted by atomic mass is 32.1. The lowest BCUT2D eigenvalue weighted by Crippen LogP contribution is -2.24. The Morgan fingerprint density at radius 3 is 2.86 bits per heavy atom. The van der Waals surface area contributed by atoms with Gasteiger partial charge in [0.2, 0.25) is 0 Å². The van der Waals surface area contributed by atoms with Crippen molar-refractivity contribution in [2.24, 2.45) is 0 Å². The first-order valence-corrected chi connectivity index (χ1v) is 7.67. The summed E-state index contributed by atoms with van der Waals surface area (Å²) in [7, 11) is 0. The lowest BCUT2D eigenvalue weighted by atomic mass is 10.2. The minimum absolute atomic E-state index is 0.144. The number of carbonyl (C=O) groups is 1. The van der Waals surface area contributed by atoms with Crippen molar-refractivity contribution in [2.75, 3.05) is 0 Å². The molecule has 0 radical (unpaired) electrons. The molecule has 2 rings (SSSR count). The average Bonchev–Trinajstić information content (AvgIpc) is 2.99. The van der Waals surface area contributed by atoms with E-state index >= 15 is 0 Å². The van der Waals surface area contributed by atoms with Gasteiger partial charge in [-0.1, -0.05) is 12.1 Å². The van der Waals surface area contributed by atoms with E-state index in [-0.39, 0.29) is 18.2 Å². The van der Waals surface area contributed by atoms with Crippen LogP contribution in [0.25, 0.3) is 0 Å². The molecule has 114 valence electrons. The molecular formula is C14H19N3O3S. The third-order valence-corrected chi connectivity index (χ3v) is 4.39. The summed E-state index contributed by atoms with van der Waals surface area (Å²) in [5.74, 6) is 0.114. The van der Waals surface area contributed by atoms with Gasteiger partial charge in [-0.15, -0.1) is 11.3 Å². The Morgan fingerprint density at radius 1 is 1.43 bits per heavy atom. The molecule has 0 aromatic carbocycles. The number of aromatic nitrogens is 2. The predicted molar refractivity (Wildman–Crippen MR) is 79.2 cm³/mol. The third kappa shape index (κ3) is 3.48. The van der Waals surface area contributed by atoms with E-state index in [0.717, 1.165) is 28.4 Å². The maximum atomic E-state index is 12.1. The van der Waals surface area contributed by atoms with Crippen molar-refractivity contribution in [1.82, 2.24) is 15.5 Å². The Balaban J connectivity index is 2.04. The van der Waals surface area contributed by atoms with E-state index in [1.54, 1.807) is 18.3 Å². The van der Waals surface area contributed by atoms with Gasteiger partial charge in [-0.25, -0.2) is 4.98 Å². The van der Waals surface area contributed by atoms with E-state index in [1.165, 1.54) is 0 Å². The highest BCUT2D eigenvalue weighted by Crippen LogP contribution is 2.19. The van der Waals surface area contributed by atoms with Crippen LogP contribution >= 0.6 is 11.3 Å². The number of nitrogens with one attached hydrogen (secondary N) is 1. The number of carbonyl (C=O) groups excluding carboxylic acids is 1. The molecule has 0 bridgehead atoms. The molecule has 0 fully saturated rings. The predicted octanol–water partition coefficient (Wildman–Crippen LogP) is 2.12. The summed E-state index contributed by atoms with van der Waals surface area (Å²) in [4.78, 5) is 17.6. The van der Waals surface area contributed by atoms with Gasteiger partial charge in [0.1, 0.15) is 5.76 Å². The van der Waals surface area contributed by atoms with Crippen LogP contribution in [-0.4, -0.2) is 21.2 Å². The Bertz CT molecular complexity index is 633. The maximum Gasteiger partial charge on any atom is 0.274 e. The van der Waals surface area contributed by atoms with Crippen LogP contribution in [0.4, 0.5) is 0 Å². The molecule has 21 heavy (non-hydrogen) atoms. The third-order valence-electron chi connectivity index (χ3n) is 3.17. The van der Waals surface area contributed by atoms with Crippen LogP contribution in [0.1, 0.15) is 50.7 Å². The molecule has 1 amide bonds. The van der Waals surface area contributed by atoms with Crippen LogP contribution in [0, 0.1) is 13.8 Å². The normalized spacial score (nSPS) is 10.9. The lowest BCUT2D eigenvalue weighted by molar-refractivity contribution is 0.0939. The van der Waals surface area contributed by atoms with E-state index in [4.69, 9.17) is 4.52 Å². The molecule has 2 N–H and O–H groups in total. The number of amides is 1. The summed E-state index contributed by atoms with van der Waals surface area (Å²) >= 11 is 1.62. The Hall–Kier alpha value is -1.73. The zero-order chi connectivity index (χ0) is 15.4. The topological polar surface area (TPSA) is 88.3 Å². The smallest absolute Gasteiger partial charge is 0.274 e. The van der Waals surface area contributed by atoms with Crippen molar-refractivity contribution in [3.63, 3.8) is 0 Å². The number of aliphatic hydroxyl groups is 1. The number of hydrogen-bond donors (Lipinski definition) is 2. The molecular weight excluding hydrogens is 290 g/mol. The molecule has 0 aliphatic carbocycles. The Labute approximate surface area is 127 Å². The van der Waals surface area contributed by atoms with Crippen LogP contribution < -0.4 is 5.32 Å². The summed E-state index contributed by atoms with van der Waals surface area (Å²) in [5.41, 5.74) is 1.52. The molecule has 0 atom stereocenters. The second-order valence-corrected chi connectivity index (χ2v) is 5.94. The van der Waals surface area contributed by atoms with Crippen molar-refractivity contribution in [1.29, 1.82) is 0 Å². The number of hydrogen-bond acceptors (Lipinski definition) is 6. The summed E-state index contributed by atoms with van der Waals surface area (Å²) in [6.07, 6.45) is 2.01. The van der Waals surface area contributed by atoms with E-state index < -0.39 is 0 Å². The lowest BCUT2D eigenvalue weighted by Gasteiger charge is -2.02. The quantitative estimate of drug-likeness (QED) is 0.853. The summed E-state index contributed by atoms with van der Waals surface area (Å²) in [5, 5.41) is 16.8. The average molecular weight is 309 g/mol. The van der Waals surface area contributed by atoms with Crippen LogP contribution in [0.5, 0.6) is 0 Å². The van der Waals surface area contributed by atoms with Gasteiger partial charge in [0.05, 0.1) is 29.4 Å². The zero-order valence-corrected chi connectivity index (χ0v) is 13.2. The van der Waals surface area contributed by atoms with Crippen LogP contribution in [0.2, 0.25) is 0 Å². The van der Waals surface area contributed by atoms with E-state index in [2.05, 4.69) is 22.4 Å². The van der Waals surface area contributed by atoms with Crippen molar-refractivity contribution in [2.45, 2.75) is 46.8 Å². The van der Waals surface area contributed by atoms with Crippen LogP contribution in [0.15, 0.2) is 4.52 Å². The standard InChI is InChI=1S/C14H19N3O3S/c1-4-5-12-16-8(2)11(21-12)6-15-14(19)13-10(7-18)9(3)20-17-13/h18H,4-7H2,1-3H3,(H,15,19). The molecule has 2 heterocycles. The minimum Gasteiger partial charge on any atom is -0.391 e. The summed E-state index contributed by atoms with van der Waals surface area (Å²) in [6, 6.07) is 0. The van der Waals surface area contributed by atoms with Crippen molar-refractivity contribution in [3.05, 3.63) is 32.6 Å². The molecule has 0 aliphatic heterocycles. The van der Waals surface area contributed by atoms with Crippen molar-refractivity contribution < 1.29 is 14.4 Å². The van der Waals surface area contributed by atoms with Gasteiger partial charge in [0.15, 0.2) is 5.69 Å². The highest BCUT2D eigenvalue weighted by molar-refractivity contribution is 7.11. The Kier molecular flexibility index (Phi) is 5.08. The molecule has 6 nitrogen and oxygen atoms in total. The highest BCUT2D eigenvalue weighted by Gasteiger charge is 2.19. The summed E-state index contributed by atoms with van der Waals surface area (Å²) < 4.78 is 4.94. The first kappa shape index (κ1) is 15.7. The van der Waals surface area contributed by atoms with Crippen molar-refractivity contribution >= 4 is 17.2 Å². The molecule has 0 unspecified atom stereocenters. The molecule has 7 heteroatoms. The van der Waals surface area contributed by atoms with Gasteiger partial charge in [-0.3, -0.25) is 4.79 Å². The molecule has 0 spiro atoms. The fraction of sp³-hybridized carbons (Fsp3) is 0.500. The van der Waals surface area contributed by atoms with Crippen LogP contribution in [0.3, 0.4) is 0 Å². The van der Waals surface area contributed by atoms with E-state index in [1.807, 2.05) is 6.92 Å². The number of aryl methyl sites for hydroxylation is 3. The number of nitrogens with zero attached hydrogens (tertiary/aromatic N) is 2. The molecule has 0 saturated carbocycles. The Morgan fingerprint density at radius 2 is 2.19 bits per heavy atom. The van der Waals surface area contributed by atoms with Gasteiger partial charge in [0, 0.05) is 4.88 Å². The van der Waals surface area contributed by atoms with Gasteiger partial charge in [-0.05, 0) is 26.7 Å². The van der Waals surface area contributed by atoms with Crippen LogP contribution in [-0.2, 0) is 19.6 Å². The summed E-state index contributed by atoms with van der Waals surface area (Å²) in [6.45, 7) is 5.86. The largest absolute Gasteiger partial charge is 0.391 e. The fourth-order valence-electron chi connectivity index (χ4n) is 1.97. The van der Waals surface area contributed by atoms with Crippen molar-refractivity contribution in [3.8, 4) is 0 Å². The van der Waals surface area contributed by atoms with Gasteiger partial charge in [-0.2, -0.15) is 0 Å². The maximum absolute atomic E-state index is 12.1. The molecule has 0 aliphatic rings. The minimum atomic E-state index is -0.347. The van der Waals surface area contributed by atoms with E-state index in [9.17, 15) is 9.90 Å². The second kappa shape index (κ2) is 6.82. The first-order chi connectivity index (χ1) is 10.1. The monoisotopic (exact) mass is 309 g/mol. The SMILES string of the molecule is CCCc1nc(C)c(CNC(=O)c2noc(C)c2CO)s1. The molecule has 2 aromatic heterocycles. The number of rotatable bonds is 6. The second-order valence-electron chi connectivity index (χ2n) is 4.77. The first-order valence-electron chi connectivity index (χ1n) is 6.86. The van der Waals surface area contributed by atoms with Gasteiger partial charge < -0.3 is 14.9 Å².